The second-order valence-corrected chi connectivity index (χ2v) is 5.02. The van der Waals surface area contributed by atoms with Crippen molar-refractivity contribution < 1.29 is 9.90 Å². The summed E-state index contributed by atoms with van der Waals surface area (Å²) in [5, 5.41) is 9.80. The molecule has 0 heterocycles. The fraction of sp³-hybridized carbons (Fsp3) is 0.462. The molecule has 0 spiro atoms. The Morgan fingerprint density at radius 2 is 1.80 bits per heavy atom. The molecule has 0 bridgehead atoms. The third kappa shape index (κ3) is 3.84. The molecule has 0 aliphatic carbocycles. The van der Waals surface area contributed by atoms with Gasteiger partial charge in [0.1, 0.15) is 6.10 Å². The summed E-state index contributed by atoms with van der Waals surface area (Å²) in [4.78, 5) is 11.7. The van der Waals surface area contributed by atoms with Crippen LogP contribution in [-0.2, 0) is 4.79 Å². The lowest BCUT2D eigenvalue weighted by atomic mass is 9.87. The van der Waals surface area contributed by atoms with Crippen molar-refractivity contribution in [2.24, 2.45) is 5.41 Å². The van der Waals surface area contributed by atoms with Crippen LogP contribution in [-0.4, -0.2) is 10.9 Å². The summed E-state index contributed by atoms with van der Waals surface area (Å²) < 4.78 is 0. The van der Waals surface area contributed by atoms with E-state index < -0.39 is 6.10 Å². The number of aliphatic hydroxyl groups excluding tert-OH is 1. The molecule has 1 N–H and O–H groups in total. The van der Waals surface area contributed by atoms with Gasteiger partial charge < -0.3 is 5.11 Å². The van der Waals surface area contributed by atoms with Crippen molar-refractivity contribution in [1.82, 2.24) is 0 Å². The van der Waals surface area contributed by atoms with E-state index in [9.17, 15) is 9.90 Å². The van der Waals surface area contributed by atoms with Gasteiger partial charge in [-0.05, 0) is 11.0 Å². The second-order valence-electron chi connectivity index (χ2n) is 5.02. The van der Waals surface area contributed by atoms with Gasteiger partial charge in [-0.1, -0.05) is 51.1 Å². The Kier molecular flexibility index (Phi) is 3.64. The van der Waals surface area contributed by atoms with E-state index in [4.69, 9.17) is 0 Å². The predicted octanol–water partition coefficient (Wildman–Crippen LogP) is 2.73. The maximum Gasteiger partial charge on any atom is 0.166 e. The van der Waals surface area contributed by atoms with E-state index in [1.54, 1.807) is 12.1 Å². The maximum absolute atomic E-state index is 11.7. The SMILES string of the molecule is CC(C)(C)CC(=O)[C@@H](O)c1ccccc1. The number of carbonyl (C=O) groups excluding carboxylic acids is 1. The van der Waals surface area contributed by atoms with Crippen LogP contribution in [0.2, 0.25) is 0 Å². The van der Waals surface area contributed by atoms with Crippen LogP contribution in [0.25, 0.3) is 0 Å². The minimum Gasteiger partial charge on any atom is -0.381 e. The molecular formula is C13H18O2. The lowest BCUT2D eigenvalue weighted by molar-refractivity contribution is -0.129. The molecule has 0 aliphatic rings. The fourth-order valence-corrected chi connectivity index (χ4v) is 1.44. The molecule has 2 heteroatoms. The molecule has 1 atom stereocenters. The summed E-state index contributed by atoms with van der Waals surface area (Å²) in [6.07, 6.45) is -0.589. The van der Waals surface area contributed by atoms with E-state index >= 15 is 0 Å². The Morgan fingerprint density at radius 1 is 1.27 bits per heavy atom. The molecular weight excluding hydrogens is 188 g/mol. The van der Waals surface area contributed by atoms with Gasteiger partial charge in [0.2, 0.25) is 0 Å². The summed E-state index contributed by atoms with van der Waals surface area (Å²) in [5.41, 5.74) is 0.596. The highest BCUT2D eigenvalue weighted by molar-refractivity contribution is 5.84. The molecule has 1 rings (SSSR count). The first kappa shape index (κ1) is 11.9. The second kappa shape index (κ2) is 4.58. The summed E-state index contributed by atoms with van der Waals surface area (Å²) >= 11 is 0. The highest BCUT2D eigenvalue weighted by Gasteiger charge is 2.22. The predicted molar refractivity (Wildman–Crippen MR) is 60.5 cm³/mol. The quantitative estimate of drug-likeness (QED) is 0.825. The van der Waals surface area contributed by atoms with Gasteiger partial charge in [0.25, 0.3) is 0 Å². The monoisotopic (exact) mass is 206 g/mol. The maximum atomic E-state index is 11.7. The smallest absolute Gasteiger partial charge is 0.166 e. The normalized spacial score (nSPS) is 13.6. The molecule has 2 nitrogen and oxygen atoms in total. The Balaban J connectivity index is 2.70. The fourth-order valence-electron chi connectivity index (χ4n) is 1.44. The van der Waals surface area contributed by atoms with E-state index in [2.05, 4.69) is 0 Å². The standard InChI is InChI=1S/C13H18O2/c1-13(2,3)9-11(14)12(15)10-7-5-4-6-8-10/h4-8,12,15H,9H2,1-3H3/t12-/m0/s1. The highest BCUT2D eigenvalue weighted by atomic mass is 16.3. The Labute approximate surface area is 90.9 Å². The molecule has 82 valence electrons. The third-order valence-electron chi connectivity index (χ3n) is 2.12. The summed E-state index contributed by atoms with van der Waals surface area (Å²) in [6.45, 7) is 5.97. The van der Waals surface area contributed by atoms with Gasteiger partial charge in [0.15, 0.2) is 5.78 Å². The van der Waals surface area contributed by atoms with Crippen LogP contribution in [0.4, 0.5) is 0 Å². The summed E-state index contributed by atoms with van der Waals surface area (Å²) in [7, 11) is 0. The highest BCUT2D eigenvalue weighted by Crippen LogP contribution is 2.24. The molecule has 0 amide bonds. The number of ketones is 1. The van der Waals surface area contributed by atoms with Gasteiger partial charge >= 0.3 is 0 Å². The van der Waals surface area contributed by atoms with Crippen LogP contribution in [0.5, 0.6) is 0 Å². The largest absolute Gasteiger partial charge is 0.381 e. The zero-order chi connectivity index (χ0) is 11.5. The number of hydrogen-bond donors (Lipinski definition) is 1. The van der Waals surface area contributed by atoms with Gasteiger partial charge in [-0.3, -0.25) is 4.79 Å². The van der Waals surface area contributed by atoms with Gasteiger partial charge in [0, 0.05) is 6.42 Å². The van der Waals surface area contributed by atoms with Gasteiger partial charge in [-0.2, -0.15) is 0 Å². The van der Waals surface area contributed by atoms with Crippen molar-refractivity contribution in [3.05, 3.63) is 35.9 Å². The first-order valence-electron chi connectivity index (χ1n) is 5.16. The Morgan fingerprint density at radius 3 is 2.27 bits per heavy atom. The van der Waals surface area contributed by atoms with Crippen LogP contribution < -0.4 is 0 Å². The minimum atomic E-state index is -0.981. The first-order chi connectivity index (χ1) is 6.90. The number of hydrogen-bond acceptors (Lipinski definition) is 2. The summed E-state index contributed by atoms with van der Waals surface area (Å²) in [6, 6.07) is 9.05. The molecule has 0 saturated carbocycles. The molecule has 0 radical (unpaired) electrons. The van der Waals surface area contributed by atoms with E-state index in [1.807, 2.05) is 39.0 Å². The average molecular weight is 206 g/mol. The Hall–Kier alpha value is -1.15. The number of benzene rings is 1. The third-order valence-corrected chi connectivity index (χ3v) is 2.12. The molecule has 0 saturated heterocycles. The van der Waals surface area contributed by atoms with Crippen molar-refractivity contribution in [1.29, 1.82) is 0 Å². The van der Waals surface area contributed by atoms with Crippen molar-refractivity contribution in [3.8, 4) is 0 Å². The average Bonchev–Trinajstić information content (AvgIpc) is 2.15. The van der Waals surface area contributed by atoms with Crippen LogP contribution in [0.15, 0.2) is 30.3 Å². The molecule has 0 aromatic heterocycles. The number of Topliss-reactive ketones (excluding diaryl/α,β-unsaturated/α-hetero) is 1. The van der Waals surface area contributed by atoms with E-state index in [1.165, 1.54) is 0 Å². The van der Waals surface area contributed by atoms with E-state index in [0.717, 1.165) is 0 Å². The van der Waals surface area contributed by atoms with Crippen LogP contribution in [0, 0.1) is 5.41 Å². The van der Waals surface area contributed by atoms with E-state index in [0.29, 0.717) is 12.0 Å². The molecule has 0 aliphatic heterocycles. The van der Waals surface area contributed by atoms with Crippen molar-refractivity contribution in [2.75, 3.05) is 0 Å². The number of aliphatic hydroxyl groups is 1. The molecule has 15 heavy (non-hydrogen) atoms. The van der Waals surface area contributed by atoms with E-state index in [-0.39, 0.29) is 11.2 Å². The minimum absolute atomic E-state index is 0.0765. The molecule has 0 unspecified atom stereocenters. The lowest BCUT2D eigenvalue weighted by Crippen LogP contribution is -2.19. The number of rotatable bonds is 3. The molecule has 0 fully saturated rings. The molecule has 1 aromatic carbocycles. The lowest BCUT2D eigenvalue weighted by Gasteiger charge is -2.19. The number of carbonyl (C=O) groups is 1. The van der Waals surface area contributed by atoms with Crippen LogP contribution >= 0.6 is 0 Å². The molecule has 1 aromatic rings. The van der Waals surface area contributed by atoms with Crippen molar-refractivity contribution in [3.63, 3.8) is 0 Å². The van der Waals surface area contributed by atoms with Gasteiger partial charge in [-0.25, -0.2) is 0 Å². The Bertz CT molecular complexity index is 322. The van der Waals surface area contributed by atoms with Crippen molar-refractivity contribution in [2.45, 2.75) is 33.3 Å². The topological polar surface area (TPSA) is 37.3 Å². The first-order valence-corrected chi connectivity index (χ1v) is 5.16. The van der Waals surface area contributed by atoms with Gasteiger partial charge in [0.05, 0.1) is 0 Å². The van der Waals surface area contributed by atoms with Crippen LogP contribution in [0.3, 0.4) is 0 Å². The van der Waals surface area contributed by atoms with Crippen LogP contribution in [0.1, 0.15) is 38.9 Å². The zero-order valence-electron chi connectivity index (χ0n) is 9.53. The van der Waals surface area contributed by atoms with Gasteiger partial charge in [-0.15, -0.1) is 0 Å². The zero-order valence-corrected chi connectivity index (χ0v) is 9.53. The summed E-state index contributed by atoms with van der Waals surface area (Å²) in [5.74, 6) is -0.117. The van der Waals surface area contributed by atoms with Crippen molar-refractivity contribution >= 4 is 5.78 Å².